The maximum Gasteiger partial charge on any atom is 0.243 e. The molecule has 9 heteroatoms. The summed E-state index contributed by atoms with van der Waals surface area (Å²) >= 11 is 0. The van der Waals surface area contributed by atoms with E-state index in [2.05, 4.69) is 5.32 Å². The van der Waals surface area contributed by atoms with E-state index in [4.69, 9.17) is 4.74 Å². The second-order valence-corrected chi connectivity index (χ2v) is 8.55. The zero-order chi connectivity index (χ0) is 21.0. The summed E-state index contributed by atoms with van der Waals surface area (Å²) in [6, 6.07) is 10.9. The van der Waals surface area contributed by atoms with Gasteiger partial charge in [-0.2, -0.15) is 4.31 Å². The van der Waals surface area contributed by atoms with Crippen LogP contribution < -0.4 is 15.0 Å². The largest absolute Gasteiger partial charge is 0.492 e. The lowest BCUT2D eigenvalue weighted by Gasteiger charge is -2.35. The van der Waals surface area contributed by atoms with Crippen LogP contribution in [-0.4, -0.2) is 51.4 Å². The molecular formula is C20H24FN3O4S. The molecule has 1 fully saturated rings. The lowest BCUT2D eigenvalue weighted by Crippen LogP contribution is -2.48. The molecule has 0 aliphatic carbocycles. The van der Waals surface area contributed by atoms with E-state index in [1.165, 1.54) is 35.5 Å². The maximum absolute atomic E-state index is 14.0. The molecule has 0 spiro atoms. The molecule has 3 rings (SSSR count). The molecule has 2 aromatic rings. The van der Waals surface area contributed by atoms with Crippen molar-refractivity contribution in [2.24, 2.45) is 0 Å². The van der Waals surface area contributed by atoms with E-state index in [0.717, 1.165) is 0 Å². The monoisotopic (exact) mass is 421 g/mol. The van der Waals surface area contributed by atoms with Gasteiger partial charge in [0.25, 0.3) is 0 Å². The van der Waals surface area contributed by atoms with Crippen LogP contribution in [0.5, 0.6) is 5.75 Å². The van der Waals surface area contributed by atoms with Crippen LogP contribution >= 0.6 is 0 Å². The van der Waals surface area contributed by atoms with Crippen LogP contribution in [0.4, 0.5) is 15.8 Å². The van der Waals surface area contributed by atoms with Crippen LogP contribution in [0.25, 0.3) is 0 Å². The van der Waals surface area contributed by atoms with Gasteiger partial charge in [-0.05, 0) is 37.3 Å². The highest BCUT2D eigenvalue weighted by Gasteiger charge is 2.30. The molecule has 156 valence electrons. The Labute approximate surface area is 170 Å². The van der Waals surface area contributed by atoms with Gasteiger partial charge in [0.2, 0.25) is 15.9 Å². The minimum Gasteiger partial charge on any atom is -0.492 e. The van der Waals surface area contributed by atoms with E-state index in [0.29, 0.717) is 36.8 Å². The summed E-state index contributed by atoms with van der Waals surface area (Å²) in [7, 11) is -3.76. The van der Waals surface area contributed by atoms with Crippen molar-refractivity contribution in [1.29, 1.82) is 0 Å². The molecule has 1 saturated heterocycles. The minimum absolute atomic E-state index is 0.0732. The van der Waals surface area contributed by atoms with E-state index < -0.39 is 10.0 Å². The van der Waals surface area contributed by atoms with Crippen molar-refractivity contribution in [3.8, 4) is 5.75 Å². The number of para-hydroxylation sites is 1. The predicted molar refractivity (Wildman–Crippen MR) is 109 cm³/mol. The van der Waals surface area contributed by atoms with Crippen molar-refractivity contribution in [2.75, 3.05) is 43.0 Å². The molecule has 0 unspecified atom stereocenters. The van der Waals surface area contributed by atoms with Crippen molar-refractivity contribution < 1.29 is 22.3 Å². The van der Waals surface area contributed by atoms with Crippen molar-refractivity contribution in [3.05, 3.63) is 48.3 Å². The number of piperazine rings is 1. The van der Waals surface area contributed by atoms with Crippen LogP contribution in [0, 0.1) is 5.82 Å². The number of anilines is 2. The molecule has 1 aliphatic heterocycles. The highest BCUT2D eigenvalue weighted by molar-refractivity contribution is 7.89. The SMILES string of the molecule is CCOc1ccc(S(=O)(=O)N2CCN(c3ccccc3F)CC2)cc1NC(C)=O. The first-order valence-corrected chi connectivity index (χ1v) is 10.8. The lowest BCUT2D eigenvalue weighted by atomic mass is 10.2. The average Bonchev–Trinajstić information content (AvgIpc) is 2.69. The first-order valence-electron chi connectivity index (χ1n) is 9.37. The lowest BCUT2D eigenvalue weighted by molar-refractivity contribution is -0.114. The number of ether oxygens (including phenoxy) is 1. The highest BCUT2D eigenvalue weighted by atomic mass is 32.2. The quantitative estimate of drug-likeness (QED) is 0.776. The van der Waals surface area contributed by atoms with Crippen LogP contribution in [0.15, 0.2) is 47.4 Å². The first kappa shape index (κ1) is 21.1. The second kappa shape index (κ2) is 8.79. The standard InChI is InChI=1S/C20H24FN3O4S/c1-3-28-20-9-8-16(14-18(20)22-15(2)25)29(26,27)24-12-10-23(11-13-24)19-7-5-4-6-17(19)21/h4-9,14H,3,10-13H2,1-2H3,(H,22,25). The van der Waals surface area contributed by atoms with Gasteiger partial charge in [0.05, 0.1) is 22.9 Å². The Kier molecular flexibility index (Phi) is 6.39. The Balaban J connectivity index is 1.79. The van der Waals surface area contributed by atoms with Gasteiger partial charge in [0, 0.05) is 33.1 Å². The zero-order valence-corrected chi connectivity index (χ0v) is 17.2. The third-order valence-electron chi connectivity index (χ3n) is 4.63. The molecule has 0 radical (unpaired) electrons. The van der Waals surface area contributed by atoms with Gasteiger partial charge in [-0.1, -0.05) is 12.1 Å². The van der Waals surface area contributed by atoms with Crippen molar-refractivity contribution in [3.63, 3.8) is 0 Å². The summed E-state index contributed by atoms with van der Waals surface area (Å²) in [6.07, 6.45) is 0. The first-order chi connectivity index (χ1) is 13.8. The Hall–Kier alpha value is -2.65. The summed E-state index contributed by atoms with van der Waals surface area (Å²) in [6.45, 7) is 4.77. The maximum atomic E-state index is 14.0. The van der Waals surface area contributed by atoms with Gasteiger partial charge < -0.3 is 15.0 Å². The Morgan fingerprint density at radius 2 is 1.83 bits per heavy atom. The summed E-state index contributed by atoms with van der Waals surface area (Å²) < 4.78 is 47.0. The van der Waals surface area contributed by atoms with E-state index in [1.54, 1.807) is 25.1 Å². The van der Waals surface area contributed by atoms with Gasteiger partial charge in [-0.15, -0.1) is 0 Å². The summed E-state index contributed by atoms with van der Waals surface area (Å²) in [5, 5.41) is 2.61. The van der Waals surface area contributed by atoms with E-state index in [9.17, 15) is 17.6 Å². The zero-order valence-electron chi connectivity index (χ0n) is 16.4. The number of hydrogen-bond acceptors (Lipinski definition) is 5. The number of halogens is 1. The topological polar surface area (TPSA) is 79.0 Å². The minimum atomic E-state index is -3.76. The number of benzene rings is 2. The second-order valence-electron chi connectivity index (χ2n) is 6.61. The van der Waals surface area contributed by atoms with Crippen LogP contribution in [0.2, 0.25) is 0 Å². The van der Waals surface area contributed by atoms with Crippen LogP contribution in [-0.2, 0) is 14.8 Å². The van der Waals surface area contributed by atoms with Gasteiger partial charge in [0.15, 0.2) is 0 Å². The molecule has 1 aliphatic rings. The third-order valence-corrected chi connectivity index (χ3v) is 6.53. The number of nitrogens with zero attached hydrogens (tertiary/aromatic N) is 2. The molecule has 29 heavy (non-hydrogen) atoms. The number of rotatable bonds is 6. The molecule has 0 atom stereocenters. The highest BCUT2D eigenvalue weighted by Crippen LogP contribution is 2.30. The fourth-order valence-corrected chi connectivity index (χ4v) is 4.71. The molecule has 2 aromatic carbocycles. The molecule has 1 N–H and O–H groups in total. The van der Waals surface area contributed by atoms with E-state index >= 15 is 0 Å². The third kappa shape index (κ3) is 4.68. The van der Waals surface area contributed by atoms with E-state index in [1.807, 2.05) is 4.90 Å². The predicted octanol–water partition coefficient (Wildman–Crippen LogP) is 2.69. The number of carbonyl (C=O) groups is 1. The summed E-state index contributed by atoms with van der Waals surface area (Å²) in [5.41, 5.74) is 0.781. The number of carbonyl (C=O) groups excluding carboxylic acids is 1. The molecule has 7 nitrogen and oxygen atoms in total. The molecule has 0 bridgehead atoms. The Morgan fingerprint density at radius 1 is 1.14 bits per heavy atom. The van der Waals surface area contributed by atoms with E-state index in [-0.39, 0.29) is 29.7 Å². The van der Waals surface area contributed by atoms with Crippen LogP contribution in [0.1, 0.15) is 13.8 Å². The van der Waals surface area contributed by atoms with Crippen molar-refractivity contribution in [2.45, 2.75) is 18.7 Å². The van der Waals surface area contributed by atoms with Gasteiger partial charge in [-0.3, -0.25) is 4.79 Å². The summed E-state index contributed by atoms with van der Waals surface area (Å²) in [5.74, 6) is -0.236. The molecule has 0 saturated carbocycles. The normalized spacial score (nSPS) is 15.2. The van der Waals surface area contributed by atoms with Gasteiger partial charge in [0.1, 0.15) is 11.6 Å². The smallest absolute Gasteiger partial charge is 0.243 e. The average molecular weight is 421 g/mol. The van der Waals surface area contributed by atoms with Gasteiger partial charge >= 0.3 is 0 Å². The Morgan fingerprint density at radius 3 is 2.45 bits per heavy atom. The number of sulfonamides is 1. The fourth-order valence-electron chi connectivity index (χ4n) is 3.26. The number of hydrogen-bond donors (Lipinski definition) is 1. The molecule has 1 heterocycles. The van der Waals surface area contributed by atoms with Gasteiger partial charge in [-0.25, -0.2) is 12.8 Å². The van der Waals surface area contributed by atoms with Crippen LogP contribution in [0.3, 0.4) is 0 Å². The van der Waals surface area contributed by atoms with Crippen molar-refractivity contribution in [1.82, 2.24) is 4.31 Å². The Bertz CT molecular complexity index is 989. The molecule has 1 amide bonds. The number of amides is 1. The molecule has 0 aromatic heterocycles. The van der Waals surface area contributed by atoms with Crippen molar-refractivity contribution >= 4 is 27.3 Å². The molecular weight excluding hydrogens is 397 g/mol. The fraction of sp³-hybridized carbons (Fsp3) is 0.350. The summed E-state index contributed by atoms with van der Waals surface area (Å²) in [4.78, 5) is 13.4. The number of nitrogens with one attached hydrogen (secondary N) is 1.